The van der Waals surface area contributed by atoms with Crippen LogP contribution in [0.5, 0.6) is 0 Å². The number of carboxylic acid groups (broad SMARTS) is 1. The molecule has 0 spiro atoms. The Morgan fingerprint density at radius 3 is 1.59 bits per heavy atom. The topological polar surface area (TPSA) is 37.3 Å². The van der Waals surface area contributed by atoms with Crippen LogP contribution in [-0.4, -0.2) is 11.1 Å². The van der Waals surface area contributed by atoms with Gasteiger partial charge in [-0.1, -0.05) is 54.4 Å². The molecule has 0 aliphatic carbocycles. The number of rotatable bonds is 7. The fourth-order valence-electron chi connectivity index (χ4n) is 2.35. The zero-order chi connectivity index (χ0) is 13.9. The van der Waals surface area contributed by atoms with E-state index < -0.39 is 11.4 Å². The highest BCUT2D eigenvalue weighted by Gasteiger charge is 2.49. The van der Waals surface area contributed by atoms with Gasteiger partial charge in [-0.25, -0.2) is 0 Å². The van der Waals surface area contributed by atoms with Gasteiger partial charge in [0.05, 0.1) is 5.41 Å². The number of carbonyl (C=O) groups is 1. The van der Waals surface area contributed by atoms with E-state index >= 15 is 0 Å². The van der Waals surface area contributed by atoms with E-state index in [0.717, 1.165) is 25.7 Å². The summed E-state index contributed by atoms with van der Waals surface area (Å²) >= 11 is 0. The van der Waals surface area contributed by atoms with Crippen molar-refractivity contribution >= 4 is 5.97 Å². The summed E-state index contributed by atoms with van der Waals surface area (Å²) in [4.78, 5) is 11.7. The zero-order valence-corrected chi connectivity index (χ0v) is 12.7. The van der Waals surface area contributed by atoms with Crippen molar-refractivity contribution in [3.05, 3.63) is 0 Å². The van der Waals surface area contributed by atoms with Crippen LogP contribution in [0.15, 0.2) is 0 Å². The standard InChI is InChI=1S/C15H30O2/c1-8-13(4,5)15(7,12(16)17)11-14(6,9-2)10-3/h8-11H2,1-7H3,(H,16,17). The van der Waals surface area contributed by atoms with Gasteiger partial charge in [0.15, 0.2) is 0 Å². The lowest BCUT2D eigenvalue weighted by molar-refractivity contribution is -0.159. The predicted molar refractivity (Wildman–Crippen MR) is 73.1 cm³/mol. The quantitative estimate of drug-likeness (QED) is 0.700. The Morgan fingerprint density at radius 2 is 1.35 bits per heavy atom. The van der Waals surface area contributed by atoms with E-state index in [1.807, 2.05) is 6.92 Å². The molecule has 1 N–H and O–H groups in total. The predicted octanol–water partition coefficient (Wildman–Crippen LogP) is 4.73. The molecule has 0 bridgehead atoms. The van der Waals surface area contributed by atoms with Crippen molar-refractivity contribution in [2.24, 2.45) is 16.2 Å². The molecule has 1 atom stereocenters. The molecule has 0 saturated carbocycles. The molecule has 0 aliphatic rings. The summed E-state index contributed by atoms with van der Waals surface area (Å²) in [5.41, 5.74) is -0.702. The van der Waals surface area contributed by atoms with Crippen LogP contribution in [0.25, 0.3) is 0 Å². The Bertz CT molecular complexity index is 264. The molecular formula is C15H30O2. The molecule has 0 aromatic carbocycles. The Kier molecular flexibility index (Phi) is 5.24. The van der Waals surface area contributed by atoms with Crippen molar-refractivity contribution in [1.29, 1.82) is 0 Å². The van der Waals surface area contributed by atoms with Crippen molar-refractivity contribution in [1.82, 2.24) is 0 Å². The molecule has 0 radical (unpaired) electrons. The highest BCUT2D eigenvalue weighted by molar-refractivity contribution is 5.75. The van der Waals surface area contributed by atoms with Crippen LogP contribution in [-0.2, 0) is 4.79 Å². The van der Waals surface area contributed by atoms with Crippen molar-refractivity contribution < 1.29 is 9.90 Å². The van der Waals surface area contributed by atoms with Gasteiger partial charge < -0.3 is 5.11 Å². The van der Waals surface area contributed by atoms with Gasteiger partial charge in [-0.05, 0) is 30.6 Å². The highest BCUT2D eigenvalue weighted by atomic mass is 16.4. The average Bonchev–Trinajstić information content (AvgIpc) is 2.28. The van der Waals surface area contributed by atoms with Gasteiger partial charge in [-0.3, -0.25) is 4.79 Å². The summed E-state index contributed by atoms with van der Waals surface area (Å²) < 4.78 is 0. The third-order valence-electron chi connectivity index (χ3n) is 5.34. The van der Waals surface area contributed by atoms with Crippen LogP contribution in [0, 0.1) is 16.2 Å². The highest BCUT2D eigenvalue weighted by Crippen LogP contribution is 2.50. The monoisotopic (exact) mass is 242 g/mol. The van der Waals surface area contributed by atoms with E-state index in [2.05, 4.69) is 41.5 Å². The molecule has 0 amide bonds. The van der Waals surface area contributed by atoms with E-state index in [9.17, 15) is 9.90 Å². The maximum Gasteiger partial charge on any atom is 0.309 e. The second-order valence-corrected chi connectivity index (χ2v) is 6.57. The summed E-state index contributed by atoms with van der Waals surface area (Å²) in [5, 5.41) is 9.65. The lowest BCUT2D eigenvalue weighted by Crippen LogP contribution is -2.45. The van der Waals surface area contributed by atoms with E-state index in [4.69, 9.17) is 0 Å². The minimum atomic E-state index is -0.655. The Hall–Kier alpha value is -0.530. The summed E-state index contributed by atoms with van der Waals surface area (Å²) in [7, 11) is 0. The zero-order valence-electron chi connectivity index (χ0n) is 12.7. The second kappa shape index (κ2) is 5.41. The Morgan fingerprint density at radius 1 is 0.941 bits per heavy atom. The third-order valence-corrected chi connectivity index (χ3v) is 5.34. The van der Waals surface area contributed by atoms with Gasteiger partial charge in [0, 0.05) is 0 Å². The smallest absolute Gasteiger partial charge is 0.309 e. The maximum absolute atomic E-state index is 11.7. The SMILES string of the molecule is CCC(C)(CC)CC(C)(C(=O)O)C(C)(C)CC. The van der Waals surface area contributed by atoms with Crippen LogP contribution in [0.1, 0.15) is 74.1 Å². The largest absolute Gasteiger partial charge is 0.481 e. The molecule has 0 aliphatic heterocycles. The molecule has 0 aromatic rings. The van der Waals surface area contributed by atoms with Crippen molar-refractivity contribution in [3.63, 3.8) is 0 Å². The molecule has 102 valence electrons. The molecule has 0 rings (SSSR count). The van der Waals surface area contributed by atoms with Gasteiger partial charge in [0.25, 0.3) is 0 Å². The summed E-state index contributed by atoms with van der Waals surface area (Å²) in [6.45, 7) is 14.7. The van der Waals surface area contributed by atoms with Crippen molar-refractivity contribution in [2.75, 3.05) is 0 Å². The molecule has 2 nitrogen and oxygen atoms in total. The van der Waals surface area contributed by atoms with E-state index in [-0.39, 0.29) is 10.8 Å². The first-order chi connectivity index (χ1) is 7.58. The molecular weight excluding hydrogens is 212 g/mol. The minimum Gasteiger partial charge on any atom is -0.481 e. The first-order valence-electron chi connectivity index (χ1n) is 6.82. The lowest BCUT2D eigenvalue weighted by Gasteiger charge is -2.45. The number of carboxylic acids is 1. The normalized spacial score (nSPS) is 16.6. The van der Waals surface area contributed by atoms with Gasteiger partial charge in [-0.15, -0.1) is 0 Å². The van der Waals surface area contributed by atoms with E-state index in [1.165, 1.54) is 0 Å². The molecule has 0 fully saturated rings. The Labute approximate surface area is 107 Å². The second-order valence-electron chi connectivity index (χ2n) is 6.57. The van der Waals surface area contributed by atoms with Crippen LogP contribution >= 0.6 is 0 Å². The van der Waals surface area contributed by atoms with Crippen LogP contribution in [0.4, 0.5) is 0 Å². The maximum atomic E-state index is 11.7. The lowest BCUT2D eigenvalue weighted by atomic mass is 9.58. The third kappa shape index (κ3) is 3.23. The van der Waals surface area contributed by atoms with Crippen molar-refractivity contribution in [3.8, 4) is 0 Å². The summed E-state index contributed by atoms with van der Waals surface area (Å²) in [6.07, 6.45) is 3.71. The van der Waals surface area contributed by atoms with Gasteiger partial charge in [0.2, 0.25) is 0 Å². The van der Waals surface area contributed by atoms with Gasteiger partial charge >= 0.3 is 5.97 Å². The number of hydrogen-bond acceptors (Lipinski definition) is 1. The first kappa shape index (κ1) is 16.5. The minimum absolute atomic E-state index is 0.125. The summed E-state index contributed by atoms with van der Waals surface area (Å²) in [5.74, 6) is -0.655. The molecule has 0 heterocycles. The molecule has 0 saturated heterocycles. The number of hydrogen-bond donors (Lipinski definition) is 1. The Balaban J connectivity index is 5.32. The molecule has 0 aromatic heterocycles. The summed E-state index contributed by atoms with van der Waals surface area (Å²) in [6, 6.07) is 0. The molecule has 2 heteroatoms. The van der Waals surface area contributed by atoms with Gasteiger partial charge in [-0.2, -0.15) is 0 Å². The first-order valence-corrected chi connectivity index (χ1v) is 6.82. The molecule has 1 unspecified atom stereocenters. The van der Waals surface area contributed by atoms with Crippen molar-refractivity contribution in [2.45, 2.75) is 74.1 Å². The van der Waals surface area contributed by atoms with Crippen LogP contribution in [0.3, 0.4) is 0 Å². The van der Waals surface area contributed by atoms with E-state index in [1.54, 1.807) is 0 Å². The number of aliphatic carboxylic acids is 1. The van der Waals surface area contributed by atoms with Crippen LogP contribution < -0.4 is 0 Å². The molecule has 17 heavy (non-hydrogen) atoms. The van der Waals surface area contributed by atoms with Gasteiger partial charge in [0.1, 0.15) is 0 Å². The van der Waals surface area contributed by atoms with E-state index in [0.29, 0.717) is 0 Å². The fourth-order valence-corrected chi connectivity index (χ4v) is 2.35. The fraction of sp³-hybridized carbons (Fsp3) is 0.933. The average molecular weight is 242 g/mol. The van der Waals surface area contributed by atoms with Crippen LogP contribution in [0.2, 0.25) is 0 Å².